The van der Waals surface area contributed by atoms with Crippen LogP contribution in [-0.2, 0) is 5.75 Å². The van der Waals surface area contributed by atoms with Crippen molar-refractivity contribution in [2.24, 2.45) is 0 Å². The van der Waals surface area contributed by atoms with Gasteiger partial charge < -0.3 is 0 Å². The Morgan fingerprint density at radius 3 is 2.19 bits per heavy atom. The molecule has 0 aromatic heterocycles. The molecule has 1 unspecified atom stereocenters. The number of amides is 1. The third-order valence-corrected chi connectivity index (χ3v) is 6.57. The lowest BCUT2D eigenvalue weighted by molar-refractivity contribution is 0.0705. The molecule has 0 aliphatic heterocycles. The van der Waals surface area contributed by atoms with Crippen LogP contribution in [0.4, 0.5) is 0 Å². The summed E-state index contributed by atoms with van der Waals surface area (Å²) in [6.45, 7) is 0. The van der Waals surface area contributed by atoms with Gasteiger partial charge in [0.25, 0.3) is 5.91 Å². The van der Waals surface area contributed by atoms with Crippen molar-refractivity contribution in [3.63, 3.8) is 0 Å². The largest absolute Gasteiger partial charge is 0.288 e. The highest BCUT2D eigenvalue weighted by atomic mass is 33.1. The lowest BCUT2D eigenvalue weighted by Gasteiger charge is -2.19. The smallest absolute Gasteiger partial charge is 0.274 e. The van der Waals surface area contributed by atoms with Gasteiger partial charge in [-0.3, -0.25) is 10.0 Å². The van der Waals surface area contributed by atoms with E-state index in [1.54, 1.807) is 39.2 Å². The van der Waals surface area contributed by atoms with Gasteiger partial charge in [0, 0.05) is 11.3 Å². The molecule has 0 bridgehead atoms. The van der Waals surface area contributed by atoms with E-state index in [9.17, 15) is 4.79 Å². The monoisotopic (exact) mass is 381 g/mol. The fraction of sp³-hybridized carbons (Fsp3) is 0.0952. The standard InChI is InChI=1S/C21H19NO2S2/c23-21(22-24)19-14-8-7-13-18(19)20(17-11-5-2-6-12-17)26-25-15-16-9-3-1-4-10-16/h1-14,20,24H,15H2,(H,22,23). The number of rotatable bonds is 7. The summed E-state index contributed by atoms with van der Waals surface area (Å²) in [5.74, 6) is 0.388. The van der Waals surface area contributed by atoms with E-state index in [1.807, 2.05) is 48.5 Å². The van der Waals surface area contributed by atoms with Gasteiger partial charge in [-0.05, 0) is 22.8 Å². The van der Waals surface area contributed by atoms with E-state index in [2.05, 4.69) is 24.3 Å². The van der Waals surface area contributed by atoms with Gasteiger partial charge >= 0.3 is 0 Å². The molecule has 0 radical (unpaired) electrons. The number of hydrogen-bond acceptors (Lipinski definition) is 4. The van der Waals surface area contributed by atoms with Crippen molar-refractivity contribution >= 4 is 27.5 Å². The van der Waals surface area contributed by atoms with Crippen LogP contribution in [0.25, 0.3) is 0 Å². The summed E-state index contributed by atoms with van der Waals surface area (Å²) in [5, 5.41) is 9.06. The first-order valence-corrected chi connectivity index (χ1v) is 10.6. The summed E-state index contributed by atoms with van der Waals surface area (Å²) in [6.07, 6.45) is 0. The summed E-state index contributed by atoms with van der Waals surface area (Å²) >= 11 is 0. The van der Waals surface area contributed by atoms with Crippen molar-refractivity contribution in [1.29, 1.82) is 0 Å². The molecule has 132 valence electrons. The van der Waals surface area contributed by atoms with Crippen molar-refractivity contribution in [1.82, 2.24) is 5.48 Å². The summed E-state index contributed by atoms with van der Waals surface area (Å²) in [6, 6.07) is 27.8. The quantitative estimate of drug-likeness (QED) is 0.323. The van der Waals surface area contributed by atoms with Crippen LogP contribution >= 0.6 is 21.6 Å². The van der Waals surface area contributed by atoms with Gasteiger partial charge in [0.05, 0.1) is 5.25 Å². The minimum absolute atomic E-state index is 0.0154. The number of carbonyl (C=O) groups excluding carboxylic acids is 1. The Balaban J connectivity index is 1.86. The van der Waals surface area contributed by atoms with Crippen molar-refractivity contribution in [3.05, 3.63) is 107 Å². The van der Waals surface area contributed by atoms with Gasteiger partial charge in [0.2, 0.25) is 0 Å². The first-order chi connectivity index (χ1) is 12.8. The maximum atomic E-state index is 12.1. The van der Waals surface area contributed by atoms with E-state index in [0.29, 0.717) is 5.56 Å². The van der Waals surface area contributed by atoms with Crippen molar-refractivity contribution in [2.75, 3.05) is 0 Å². The lowest BCUT2D eigenvalue weighted by Crippen LogP contribution is -2.20. The van der Waals surface area contributed by atoms with Crippen LogP contribution in [0.3, 0.4) is 0 Å². The Bertz CT molecular complexity index is 841. The molecular weight excluding hydrogens is 362 g/mol. The first-order valence-electron chi connectivity index (χ1n) is 8.20. The topological polar surface area (TPSA) is 49.3 Å². The molecule has 0 fully saturated rings. The summed E-state index contributed by atoms with van der Waals surface area (Å²) < 4.78 is 0. The number of nitrogens with one attached hydrogen (secondary N) is 1. The van der Waals surface area contributed by atoms with E-state index in [0.717, 1.165) is 16.9 Å². The predicted molar refractivity (Wildman–Crippen MR) is 109 cm³/mol. The SMILES string of the molecule is O=C(NO)c1ccccc1C(SSCc1ccccc1)c1ccccc1. The van der Waals surface area contributed by atoms with Gasteiger partial charge in [0.15, 0.2) is 0 Å². The van der Waals surface area contributed by atoms with Crippen molar-refractivity contribution < 1.29 is 10.0 Å². The molecule has 1 amide bonds. The summed E-state index contributed by atoms with van der Waals surface area (Å²) in [7, 11) is 3.47. The zero-order valence-electron chi connectivity index (χ0n) is 14.0. The molecule has 3 rings (SSSR count). The van der Waals surface area contributed by atoms with Gasteiger partial charge in [-0.25, -0.2) is 5.48 Å². The molecule has 3 aromatic carbocycles. The fourth-order valence-electron chi connectivity index (χ4n) is 2.65. The minimum Gasteiger partial charge on any atom is -0.288 e. The Hall–Kier alpha value is -2.21. The van der Waals surface area contributed by atoms with Gasteiger partial charge in [-0.2, -0.15) is 0 Å². The van der Waals surface area contributed by atoms with E-state index < -0.39 is 5.91 Å². The summed E-state index contributed by atoms with van der Waals surface area (Å²) in [5.41, 5.74) is 5.51. The van der Waals surface area contributed by atoms with E-state index in [1.165, 1.54) is 5.56 Å². The van der Waals surface area contributed by atoms with Crippen LogP contribution in [0.1, 0.15) is 32.3 Å². The highest BCUT2D eigenvalue weighted by Gasteiger charge is 2.21. The van der Waals surface area contributed by atoms with Gasteiger partial charge in [-0.1, -0.05) is 100 Å². The summed E-state index contributed by atoms with van der Waals surface area (Å²) in [4.78, 5) is 12.1. The Morgan fingerprint density at radius 1 is 0.885 bits per heavy atom. The van der Waals surface area contributed by atoms with Crippen LogP contribution in [-0.4, -0.2) is 11.1 Å². The second-order valence-corrected chi connectivity index (χ2v) is 8.14. The Morgan fingerprint density at radius 2 is 1.50 bits per heavy atom. The predicted octanol–water partition coefficient (Wildman–Crippen LogP) is 5.48. The van der Waals surface area contributed by atoms with Crippen LogP contribution in [0.2, 0.25) is 0 Å². The number of hydroxylamine groups is 1. The van der Waals surface area contributed by atoms with Crippen LogP contribution < -0.4 is 5.48 Å². The van der Waals surface area contributed by atoms with E-state index >= 15 is 0 Å². The van der Waals surface area contributed by atoms with Crippen molar-refractivity contribution in [3.8, 4) is 0 Å². The molecule has 0 aliphatic carbocycles. The Kier molecular flexibility index (Phi) is 6.77. The molecule has 0 saturated heterocycles. The van der Waals surface area contributed by atoms with Gasteiger partial charge in [-0.15, -0.1) is 0 Å². The normalized spacial score (nSPS) is 11.7. The van der Waals surface area contributed by atoms with Crippen LogP contribution in [0, 0.1) is 0 Å². The number of hydrogen-bond donors (Lipinski definition) is 2. The molecular formula is C21H19NO2S2. The third-order valence-electron chi connectivity index (χ3n) is 3.92. The molecule has 1 atom stereocenters. The molecule has 0 heterocycles. The molecule has 5 heteroatoms. The van der Waals surface area contributed by atoms with Crippen molar-refractivity contribution in [2.45, 2.75) is 11.0 Å². The van der Waals surface area contributed by atoms with Crippen LogP contribution in [0.5, 0.6) is 0 Å². The first kappa shape index (κ1) is 18.6. The highest BCUT2D eigenvalue weighted by molar-refractivity contribution is 8.76. The highest BCUT2D eigenvalue weighted by Crippen LogP contribution is 2.45. The van der Waals surface area contributed by atoms with Crippen LogP contribution in [0.15, 0.2) is 84.9 Å². The molecule has 0 saturated carbocycles. The maximum Gasteiger partial charge on any atom is 0.274 e. The van der Waals surface area contributed by atoms with E-state index in [4.69, 9.17) is 5.21 Å². The second-order valence-electron chi connectivity index (χ2n) is 5.66. The molecule has 0 spiro atoms. The lowest BCUT2D eigenvalue weighted by atomic mass is 9.99. The molecule has 2 N–H and O–H groups in total. The fourth-order valence-corrected chi connectivity index (χ4v) is 5.43. The Labute approximate surface area is 161 Å². The average Bonchev–Trinajstić information content (AvgIpc) is 2.72. The minimum atomic E-state index is -0.491. The molecule has 0 aliphatic rings. The third kappa shape index (κ3) is 4.69. The maximum absolute atomic E-state index is 12.1. The van der Waals surface area contributed by atoms with E-state index in [-0.39, 0.29) is 5.25 Å². The second kappa shape index (κ2) is 9.48. The molecule has 26 heavy (non-hydrogen) atoms. The molecule has 3 aromatic rings. The number of carbonyl (C=O) groups is 1. The zero-order valence-corrected chi connectivity index (χ0v) is 15.7. The zero-order chi connectivity index (χ0) is 18.2. The molecule has 3 nitrogen and oxygen atoms in total. The number of benzene rings is 3. The van der Waals surface area contributed by atoms with Gasteiger partial charge in [0.1, 0.15) is 0 Å². The average molecular weight is 382 g/mol.